The Morgan fingerprint density at radius 3 is 1.85 bits per heavy atom. The van der Waals surface area contributed by atoms with E-state index in [-0.39, 0.29) is 0 Å². The molecule has 0 bridgehead atoms. The average Bonchev–Trinajstić information content (AvgIpc) is 3.13. The van der Waals surface area contributed by atoms with Gasteiger partial charge in [-0.25, -0.2) is 0 Å². The fourth-order valence-electron chi connectivity index (χ4n) is 5.85. The Balaban J connectivity index is 1.23. The summed E-state index contributed by atoms with van der Waals surface area (Å²) in [6.45, 7) is 0. The van der Waals surface area contributed by atoms with E-state index in [9.17, 15) is 0 Å². The quantitative estimate of drug-likeness (QED) is 0.168. The second-order valence-electron chi connectivity index (χ2n) is 11.1. The van der Waals surface area contributed by atoms with E-state index in [1.54, 1.807) is 0 Å². The van der Waals surface area contributed by atoms with E-state index in [0.29, 0.717) is 0 Å². The Morgan fingerprint density at radius 2 is 1.09 bits per heavy atom. The topological polar surface area (TPSA) is 15.3 Å². The zero-order valence-electron chi connectivity index (χ0n) is 25.5. The molecule has 0 saturated heterocycles. The molecule has 0 aliphatic carbocycles. The average molecular weight is 591 g/mol. The first kappa shape index (κ1) is 28.6. The van der Waals surface area contributed by atoms with E-state index in [0.717, 1.165) is 39.4 Å². The van der Waals surface area contributed by atoms with Crippen LogP contribution in [0.3, 0.4) is 0 Å². The lowest BCUT2D eigenvalue weighted by atomic mass is 10.0. The van der Waals surface area contributed by atoms with Crippen LogP contribution >= 0.6 is 0 Å². The molecule has 1 N–H and O–H groups in total. The van der Waals surface area contributed by atoms with Crippen molar-refractivity contribution in [3.05, 3.63) is 205 Å². The molecule has 0 fully saturated rings. The summed E-state index contributed by atoms with van der Waals surface area (Å²) in [6, 6.07) is 59.7. The summed E-state index contributed by atoms with van der Waals surface area (Å²) in [7, 11) is 0. The molecule has 0 spiro atoms. The maximum Gasteiger partial charge on any atom is 0.0540 e. The second-order valence-corrected chi connectivity index (χ2v) is 11.1. The molecule has 7 aromatic carbocycles. The second kappa shape index (κ2) is 13.7. The maximum atomic E-state index is 3.49. The first-order valence-electron chi connectivity index (χ1n) is 15.6. The Kier molecular flexibility index (Phi) is 8.51. The molecule has 0 saturated carbocycles. The molecule has 0 aromatic heterocycles. The number of hydrogen-bond acceptors (Lipinski definition) is 2. The van der Waals surface area contributed by atoms with Crippen molar-refractivity contribution in [1.82, 2.24) is 0 Å². The molecular formula is C44H34N2. The molecular weight excluding hydrogens is 556 g/mol. The standard InChI is InChI=1S/C44H34N2/c1-3-14-34(15-4-1)27-28-35(20-13-33-45-43-25-11-18-37-16-7-9-23-41(37)43)36-29-31-40(32-30-36)46(39-21-5-2-6-22-39)44-26-12-19-38-17-8-10-24-42(38)44/h1-33,45H/b28-27-,33-13+,35-20+. The van der Waals surface area contributed by atoms with Crippen LogP contribution in [0.5, 0.6) is 0 Å². The Hall–Kier alpha value is -6.12. The number of nitrogens with one attached hydrogen (secondary N) is 1. The molecule has 0 heterocycles. The highest BCUT2D eigenvalue weighted by atomic mass is 15.1. The number of anilines is 4. The number of nitrogens with zero attached hydrogens (tertiary/aromatic N) is 1. The molecule has 2 heteroatoms. The van der Waals surface area contributed by atoms with Gasteiger partial charge >= 0.3 is 0 Å². The first-order valence-corrected chi connectivity index (χ1v) is 15.6. The lowest BCUT2D eigenvalue weighted by molar-refractivity contribution is 1.29. The van der Waals surface area contributed by atoms with Crippen LogP contribution in [0.2, 0.25) is 0 Å². The van der Waals surface area contributed by atoms with Crippen LogP contribution in [-0.2, 0) is 0 Å². The summed E-state index contributed by atoms with van der Waals surface area (Å²) < 4.78 is 0. The van der Waals surface area contributed by atoms with E-state index in [4.69, 9.17) is 0 Å². The van der Waals surface area contributed by atoms with Crippen LogP contribution in [0.1, 0.15) is 11.1 Å². The number of allylic oxidation sites excluding steroid dienone is 4. The molecule has 46 heavy (non-hydrogen) atoms. The van der Waals surface area contributed by atoms with Crippen molar-refractivity contribution in [2.45, 2.75) is 0 Å². The van der Waals surface area contributed by atoms with Gasteiger partial charge in [-0.15, -0.1) is 0 Å². The summed E-state index contributed by atoms with van der Waals surface area (Å²) in [5, 5.41) is 8.34. The largest absolute Gasteiger partial charge is 0.361 e. The Bertz CT molecular complexity index is 2150. The van der Waals surface area contributed by atoms with Gasteiger partial charge in [-0.1, -0.05) is 152 Å². The highest BCUT2D eigenvalue weighted by Gasteiger charge is 2.15. The number of hydrogen-bond donors (Lipinski definition) is 1. The Labute approximate surface area is 270 Å². The highest BCUT2D eigenvalue weighted by Crippen LogP contribution is 2.39. The smallest absolute Gasteiger partial charge is 0.0540 e. The van der Waals surface area contributed by atoms with Gasteiger partial charge in [0.15, 0.2) is 0 Å². The lowest BCUT2D eigenvalue weighted by Gasteiger charge is -2.27. The van der Waals surface area contributed by atoms with Crippen molar-refractivity contribution in [2.75, 3.05) is 10.2 Å². The van der Waals surface area contributed by atoms with Gasteiger partial charge in [-0.3, -0.25) is 0 Å². The molecule has 7 rings (SSSR count). The molecule has 0 amide bonds. The van der Waals surface area contributed by atoms with E-state index in [2.05, 4.69) is 198 Å². The minimum Gasteiger partial charge on any atom is -0.361 e. The van der Waals surface area contributed by atoms with Gasteiger partial charge < -0.3 is 10.2 Å². The van der Waals surface area contributed by atoms with Gasteiger partial charge in [0, 0.05) is 34.0 Å². The molecule has 0 radical (unpaired) electrons. The zero-order valence-corrected chi connectivity index (χ0v) is 25.5. The number of rotatable bonds is 9. The number of benzene rings is 7. The van der Waals surface area contributed by atoms with Crippen molar-refractivity contribution >= 4 is 55.9 Å². The van der Waals surface area contributed by atoms with E-state index < -0.39 is 0 Å². The van der Waals surface area contributed by atoms with Gasteiger partial charge in [-0.2, -0.15) is 0 Å². The molecule has 0 unspecified atom stereocenters. The predicted octanol–water partition coefficient (Wildman–Crippen LogP) is 12.2. The third-order valence-corrected chi connectivity index (χ3v) is 8.14. The van der Waals surface area contributed by atoms with Crippen molar-refractivity contribution < 1.29 is 0 Å². The fraction of sp³-hybridized carbons (Fsp3) is 0. The first-order chi connectivity index (χ1) is 22.8. The normalized spacial score (nSPS) is 11.9. The van der Waals surface area contributed by atoms with Crippen LogP contribution in [0.15, 0.2) is 194 Å². The van der Waals surface area contributed by atoms with Crippen LogP contribution in [0.4, 0.5) is 22.7 Å². The monoisotopic (exact) mass is 590 g/mol. The van der Waals surface area contributed by atoms with Crippen LogP contribution in [0.25, 0.3) is 33.2 Å². The lowest BCUT2D eigenvalue weighted by Crippen LogP contribution is -2.10. The SMILES string of the molecule is C(=C/c1ccccc1)/C(=C\C=C\Nc1cccc2ccccc12)c1ccc(N(c2ccccc2)c2cccc3ccccc23)cc1. The number of fused-ring (bicyclic) bond motifs is 2. The van der Waals surface area contributed by atoms with Crippen molar-refractivity contribution in [3.63, 3.8) is 0 Å². The zero-order chi connectivity index (χ0) is 31.0. The van der Waals surface area contributed by atoms with Crippen LogP contribution in [-0.4, -0.2) is 0 Å². The third kappa shape index (κ3) is 6.38. The predicted molar refractivity (Wildman–Crippen MR) is 199 cm³/mol. The minimum atomic E-state index is 1.09. The van der Waals surface area contributed by atoms with Crippen molar-refractivity contribution in [3.8, 4) is 0 Å². The van der Waals surface area contributed by atoms with Crippen molar-refractivity contribution in [1.29, 1.82) is 0 Å². The van der Waals surface area contributed by atoms with Crippen LogP contribution in [0, 0.1) is 0 Å². The summed E-state index contributed by atoms with van der Waals surface area (Å²) in [5.41, 5.74) is 7.87. The van der Waals surface area contributed by atoms with Gasteiger partial charge in [-0.05, 0) is 69.9 Å². The van der Waals surface area contributed by atoms with Gasteiger partial charge in [0.2, 0.25) is 0 Å². The minimum absolute atomic E-state index is 1.09. The van der Waals surface area contributed by atoms with E-state index in [1.165, 1.54) is 21.5 Å². The molecule has 0 aliphatic heterocycles. The van der Waals surface area contributed by atoms with Crippen LogP contribution < -0.4 is 10.2 Å². The van der Waals surface area contributed by atoms with E-state index in [1.807, 2.05) is 12.3 Å². The van der Waals surface area contributed by atoms with E-state index >= 15 is 0 Å². The summed E-state index contributed by atoms with van der Waals surface area (Å²) in [6.07, 6.45) is 10.6. The molecule has 0 atom stereocenters. The fourth-order valence-corrected chi connectivity index (χ4v) is 5.85. The summed E-state index contributed by atoms with van der Waals surface area (Å²) >= 11 is 0. The van der Waals surface area contributed by atoms with Crippen molar-refractivity contribution in [2.24, 2.45) is 0 Å². The third-order valence-electron chi connectivity index (χ3n) is 8.14. The maximum absolute atomic E-state index is 3.49. The summed E-state index contributed by atoms with van der Waals surface area (Å²) in [4.78, 5) is 2.34. The van der Waals surface area contributed by atoms with Gasteiger partial charge in [0.05, 0.1) is 5.69 Å². The summed E-state index contributed by atoms with van der Waals surface area (Å²) in [5.74, 6) is 0. The molecule has 0 aliphatic rings. The highest BCUT2D eigenvalue weighted by molar-refractivity contribution is 5.99. The molecule has 2 nitrogen and oxygen atoms in total. The molecule has 220 valence electrons. The Morgan fingerprint density at radius 1 is 0.500 bits per heavy atom. The number of para-hydroxylation sites is 1. The van der Waals surface area contributed by atoms with Gasteiger partial charge in [0.25, 0.3) is 0 Å². The van der Waals surface area contributed by atoms with Gasteiger partial charge in [0.1, 0.15) is 0 Å². The molecule has 7 aromatic rings.